The van der Waals surface area contributed by atoms with Gasteiger partial charge in [-0.3, -0.25) is 0 Å². The summed E-state index contributed by atoms with van der Waals surface area (Å²) in [6.45, 7) is 4.03. The van der Waals surface area contributed by atoms with Crippen LogP contribution in [0.1, 0.15) is 21.5 Å². The Morgan fingerprint density at radius 3 is 2.61 bits per heavy atom. The van der Waals surface area contributed by atoms with Crippen LogP contribution in [0.15, 0.2) is 48.5 Å². The first-order valence-corrected chi connectivity index (χ1v) is 5.59. The van der Waals surface area contributed by atoms with Crippen LogP contribution in [-0.2, 0) is 11.3 Å². The Morgan fingerprint density at radius 1 is 1.17 bits per heavy atom. The summed E-state index contributed by atoms with van der Waals surface area (Å²) in [4.78, 5) is 11.9. The number of ether oxygens (including phenoxy) is 1. The first-order chi connectivity index (χ1) is 8.66. The summed E-state index contributed by atoms with van der Waals surface area (Å²) in [6.07, 6.45) is 0. The smallest absolute Gasteiger partial charge is 0.338 e. The lowest BCUT2D eigenvalue weighted by atomic mass is 10.1. The summed E-state index contributed by atoms with van der Waals surface area (Å²) < 4.78 is 5.22. The van der Waals surface area contributed by atoms with Gasteiger partial charge >= 0.3 is 5.97 Å². The van der Waals surface area contributed by atoms with E-state index in [4.69, 9.17) is 10.5 Å². The molecule has 0 heterocycles. The van der Waals surface area contributed by atoms with Crippen molar-refractivity contribution >= 4 is 11.7 Å². The van der Waals surface area contributed by atoms with E-state index >= 15 is 0 Å². The highest BCUT2D eigenvalue weighted by molar-refractivity contribution is 5.92. The molecule has 0 aliphatic heterocycles. The quantitative estimate of drug-likeness (QED) is 0.663. The third-order valence-corrected chi connectivity index (χ3v) is 2.57. The predicted octanol–water partition coefficient (Wildman–Crippen LogP) is 2.81. The predicted molar refractivity (Wildman–Crippen MR) is 70.9 cm³/mol. The van der Waals surface area contributed by atoms with Crippen LogP contribution in [0.25, 0.3) is 0 Å². The number of carbonyl (C=O) groups is 1. The standard InChI is InChI=1S/C15H14NO2/c1-11-7-8-13(16)9-14(11)15(17)18-10-12-5-3-2-4-6-12/h2-9H,1,10,16H2. The maximum absolute atomic E-state index is 11.9. The lowest BCUT2D eigenvalue weighted by Gasteiger charge is -2.07. The highest BCUT2D eigenvalue weighted by Crippen LogP contribution is 2.14. The van der Waals surface area contributed by atoms with Crippen LogP contribution in [-0.4, -0.2) is 5.97 Å². The zero-order valence-corrected chi connectivity index (χ0v) is 9.93. The van der Waals surface area contributed by atoms with Gasteiger partial charge in [-0.2, -0.15) is 0 Å². The molecule has 0 saturated carbocycles. The van der Waals surface area contributed by atoms with E-state index in [1.165, 1.54) is 0 Å². The SMILES string of the molecule is [CH2]c1ccc(N)cc1C(=O)OCc1ccccc1. The van der Waals surface area contributed by atoms with Gasteiger partial charge in [-0.05, 0) is 30.2 Å². The van der Waals surface area contributed by atoms with Gasteiger partial charge in [-0.15, -0.1) is 0 Å². The van der Waals surface area contributed by atoms with Crippen molar-refractivity contribution < 1.29 is 9.53 Å². The van der Waals surface area contributed by atoms with Gasteiger partial charge in [0, 0.05) is 5.69 Å². The number of benzene rings is 2. The van der Waals surface area contributed by atoms with E-state index < -0.39 is 5.97 Å². The van der Waals surface area contributed by atoms with E-state index in [1.807, 2.05) is 30.3 Å². The molecule has 2 N–H and O–H groups in total. The average molecular weight is 240 g/mol. The molecule has 2 rings (SSSR count). The molecular formula is C15H14NO2. The van der Waals surface area contributed by atoms with E-state index in [-0.39, 0.29) is 6.61 Å². The molecule has 1 radical (unpaired) electrons. The van der Waals surface area contributed by atoms with Crippen molar-refractivity contribution in [1.82, 2.24) is 0 Å². The fraction of sp³-hybridized carbons (Fsp3) is 0.0667. The Bertz CT molecular complexity index is 550. The monoisotopic (exact) mass is 240 g/mol. The molecule has 0 saturated heterocycles. The third kappa shape index (κ3) is 2.88. The van der Waals surface area contributed by atoms with Crippen LogP contribution in [0.5, 0.6) is 0 Å². The van der Waals surface area contributed by atoms with Gasteiger partial charge in [0.15, 0.2) is 0 Å². The van der Waals surface area contributed by atoms with E-state index in [9.17, 15) is 4.79 Å². The van der Waals surface area contributed by atoms with Crippen LogP contribution in [0.2, 0.25) is 0 Å². The molecule has 2 aromatic rings. The Hall–Kier alpha value is -2.29. The third-order valence-electron chi connectivity index (χ3n) is 2.57. The Morgan fingerprint density at radius 2 is 1.89 bits per heavy atom. The van der Waals surface area contributed by atoms with Crippen molar-refractivity contribution in [3.8, 4) is 0 Å². The number of nitrogens with two attached hydrogens (primary N) is 1. The molecule has 0 spiro atoms. The number of anilines is 1. The maximum atomic E-state index is 11.9. The second kappa shape index (κ2) is 5.36. The van der Waals surface area contributed by atoms with E-state index in [0.29, 0.717) is 16.8 Å². The molecule has 18 heavy (non-hydrogen) atoms. The molecule has 0 aliphatic rings. The van der Waals surface area contributed by atoms with Gasteiger partial charge in [0.2, 0.25) is 0 Å². The lowest BCUT2D eigenvalue weighted by Crippen LogP contribution is -2.07. The molecule has 0 amide bonds. The normalized spacial score (nSPS) is 10.1. The van der Waals surface area contributed by atoms with Crippen molar-refractivity contribution in [3.05, 3.63) is 72.1 Å². The number of carbonyl (C=O) groups excluding carboxylic acids is 1. The van der Waals surface area contributed by atoms with Gasteiger partial charge < -0.3 is 10.5 Å². The van der Waals surface area contributed by atoms with Crippen molar-refractivity contribution in [3.63, 3.8) is 0 Å². The molecule has 0 atom stereocenters. The van der Waals surface area contributed by atoms with Gasteiger partial charge in [0.05, 0.1) is 5.56 Å². The first-order valence-electron chi connectivity index (χ1n) is 5.59. The van der Waals surface area contributed by atoms with Crippen molar-refractivity contribution in [2.24, 2.45) is 0 Å². The fourth-order valence-electron chi connectivity index (χ4n) is 1.58. The zero-order chi connectivity index (χ0) is 13.0. The minimum atomic E-state index is -0.406. The summed E-state index contributed by atoms with van der Waals surface area (Å²) >= 11 is 0. The summed E-state index contributed by atoms with van der Waals surface area (Å²) in [5, 5.41) is 0. The highest BCUT2D eigenvalue weighted by Gasteiger charge is 2.10. The first kappa shape index (κ1) is 12.2. The molecule has 0 aromatic heterocycles. The number of nitrogen functional groups attached to an aromatic ring is 1. The van der Waals surface area contributed by atoms with Gasteiger partial charge in [0.25, 0.3) is 0 Å². The minimum absolute atomic E-state index is 0.244. The molecule has 91 valence electrons. The van der Waals surface area contributed by atoms with Gasteiger partial charge in [-0.1, -0.05) is 36.4 Å². The molecule has 3 heteroatoms. The van der Waals surface area contributed by atoms with E-state index in [0.717, 1.165) is 5.56 Å². The second-order valence-corrected chi connectivity index (χ2v) is 3.98. The molecule has 0 bridgehead atoms. The summed E-state index contributed by atoms with van der Waals surface area (Å²) in [5.41, 5.74) is 8.13. The summed E-state index contributed by atoms with van der Waals surface area (Å²) in [5.74, 6) is -0.406. The van der Waals surface area contributed by atoms with Gasteiger partial charge in [0.1, 0.15) is 6.61 Å². The van der Waals surface area contributed by atoms with E-state index in [2.05, 4.69) is 6.92 Å². The fourth-order valence-corrected chi connectivity index (χ4v) is 1.58. The lowest BCUT2D eigenvalue weighted by molar-refractivity contribution is 0.0472. The Labute approximate surface area is 106 Å². The highest BCUT2D eigenvalue weighted by atomic mass is 16.5. The number of hydrogen-bond donors (Lipinski definition) is 1. The number of hydrogen-bond acceptors (Lipinski definition) is 3. The molecule has 0 aliphatic carbocycles. The summed E-state index contributed by atoms with van der Waals surface area (Å²) in [7, 11) is 0. The van der Waals surface area contributed by atoms with Crippen molar-refractivity contribution in [1.29, 1.82) is 0 Å². The minimum Gasteiger partial charge on any atom is -0.457 e. The zero-order valence-electron chi connectivity index (χ0n) is 9.93. The molecule has 3 nitrogen and oxygen atoms in total. The van der Waals surface area contributed by atoms with Crippen molar-refractivity contribution in [2.45, 2.75) is 6.61 Å². The van der Waals surface area contributed by atoms with Crippen molar-refractivity contribution in [2.75, 3.05) is 5.73 Å². The molecule has 2 aromatic carbocycles. The van der Waals surface area contributed by atoms with Crippen LogP contribution < -0.4 is 5.73 Å². The molecule has 0 unspecified atom stereocenters. The number of esters is 1. The van der Waals surface area contributed by atoms with Gasteiger partial charge in [-0.25, -0.2) is 4.79 Å². The molecule has 0 fully saturated rings. The van der Waals surface area contributed by atoms with Crippen LogP contribution >= 0.6 is 0 Å². The second-order valence-electron chi connectivity index (χ2n) is 3.98. The number of rotatable bonds is 3. The van der Waals surface area contributed by atoms with Crippen LogP contribution in [0, 0.1) is 6.92 Å². The largest absolute Gasteiger partial charge is 0.457 e. The average Bonchev–Trinajstić information content (AvgIpc) is 2.40. The Kier molecular flexibility index (Phi) is 3.63. The maximum Gasteiger partial charge on any atom is 0.338 e. The molecular weight excluding hydrogens is 226 g/mol. The van der Waals surface area contributed by atoms with E-state index in [1.54, 1.807) is 18.2 Å². The van der Waals surface area contributed by atoms with Crippen LogP contribution in [0.4, 0.5) is 5.69 Å². The Balaban J connectivity index is 2.06. The topological polar surface area (TPSA) is 52.3 Å². The summed E-state index contributed by atoms with van der Waals surface area (Å²) in [6, 6.07) is 14.5. The van der Waals surface area contributed by atoms with Crippen LogP contribution in [0.3, 0.4) is 0 Å².